The lowest BCUT2D eigenvalue weighted by Crippen LogP contribution is -2.58. The highest BCUT2D eigenvalue weighted by Gasteiger charge is 2.43. The number of aromatic nitrogens is 1. The van der Waals surface area contributed by atoms with Crippen LogP contribution < -0.4 is 15.4 Å². The van der Waals surface area contributed by atoms with Crippen molar-refractivity contribution in [1.29, 1.82) is 0 Å². The molecule has 4 heterocycles. The SMILES string of the molecule is Br.CCC1CN2CCC1CC2C(NC(=S)Nc1cc(C(F)(F)F)cc(C(F)(F)F)c1)c1ccnc2ccc(OC)cc12. The molecule has 42 heavy (non-hydrogen) atoms. The maximum Gasteiger partial charge on any atom is 0.416 e. The number of fused-ring (bicyclic) bond motifs is 4. The van der Waals surface area contributed by atoms with Crippen LogP contribution >= 0.6 is 29.2 Å². The smallest absolute Gasteiger partial charge is 0.416 e. The Kier molecular flexibility index (Phi) is 9.63. The number of hydrogen-bond acceptors (Lipinski definition) is 4. The molecular weight excluding hydrogens is 646 g/mol. The minimum absolute atomic E-state index is 0. The van der Waals surface area contributed by atoms with E-state index in [1.807, 2.05) is 18.2 Å². The van der Waals surface area contributed by atoms with Gasteiger partial charge in [-0.3, -0.25) is 9.88 Å². The van der Waals surface area contributed by atoms with Gasteiger partial charge in [-0.25, -0.2) is 0 Å². The molecule has 13 heteroatoms. The average Bonchev–Trinajstić information content (AvgIpc) is 2.94. The van der Waals surface area contributed by atoms with Gasteiger partial charge >= 0.3 is 12.4 Å². The third-order valence-electron chi connectivity index (χ3n) is 8.29. The molecule has 0 amide bonds. The van der Waals surface area contributed by atoms with Crippen molar-refractivity contribution in [1.82, 2.24) is 15.2 Å². The third kappa shape index (κ3) is 6.78. The summed E-state index contributed by atoms with van der Waals surface area (Å²) in [5.74, 6) is 1.72. The van der Waals surface area contributed by atoms with E-state index in [0.29, 0.717) is 29.7 Å². The second-order valence-electron chi connectivity index (χ2n) is 10.7. The predicted molar refractivity (Wildman–Crippen MR) is 159 cm³/mol. The molecule has 0 saturated carbocycles. The molecule has 6 rings (SSSR count). The summed E-state index contributed by atoms with van der Waals surface area (Å²) in [6.45, 7) is 4.00. The zero-order valence-electron chi connectivity index (χ0n) is 22.9. The molecule has 3 aliphatic rings. The van der Waals surface area contributed by atoms with E-state index in [1.54, 1.807) is 19.4 Å². The predicted octanol–water partition coefficient (Wildman–Crippen LogP) is 8.01. The summed E-state index contributed by atoms with van der Waals surface area (Å²) in [5.41, 5.74) is -1.64. The molecule has 1 aromatic heterocycles. The number of rotatable bonds is 6. The Morgan fingerprint density at radius 3 is 2.33 bits per heavy atom. The molecule has 3 aromatic rings. The number of nitrogens with one attached hydrogen (secondary N) is 2. The van der Waals surface area contributed by atoms with Crippen molar-refractivity contribution in [3.8, 4) is 5.75 Å². The van der Waals surface area contributed by atoms with E-state index >= 15 is 0 Å². The maximum atomic E-state index is 13.4. The number of ether oxygens (including phenoxy) is 1. The van der Waals surface area contributed by atoms with Crippen LogP contribution in [0.5, 0.6) is 5.75 Å². The molecule has 0 spiro atoms. The number of benzene rings is 2. The lowest BCUT2D eigenvalue weighted by atomic mass is 9.72. The normalized spacial score (nSPS) is 22.8. The number of hydrogen-bond donors (Lipinski definition) is 2. The van der Waals surface area contributed by atoms with Gasteiger partial charge in [-0.2, -0.15) is 26.3 Å². The van der Waals surface area contributed by atoms with Crippen molar-refractivity contribution >= 4 is 50.9 Å². The fourth-order valence-corrected chi connectivity index (χ4v) is 6.50. The first-order valence-electron chi connectivity index (χ1n) is 13.4. The van der Waals surface area contributed by atoms with Crippen LogP contribution in [0.2, 0.25) is 0 Å². The second kappa shape index (κ2) is 12.5. The Morgan fingerprint density at radius 2 is 1.76 bits per heavy atom. The lowest BCUT2D eigenvalue weighted by Gasteiger charge is -2.52. The zero-order chi connectivity index (χ0) is 29.5. The molecule has 2 N–H and O–H groups in total. The van der Waals surface area contributed by atoms with E-state index in [4.69, 9.17) is 17.0 Å². The topological polar surface area (TPSA) is 49.4 Å². The van der Waals surface area contributed by atoms with Crippen LogP contribution in [0.15, 0.2) is 48.7 Å². The van der Waals surface area contributed by atoms with E-state index < -0.39 is 35.2 Å². The van der Waals surface area contributed by atoms with E-state index in [9.17, 15) is 26.3 Å². The largest absolute Gasteiger partial charge is 0.497 e. The Morgan fingerprint density at radius 1 is 1.07 bits per heavy atom. The van der Waals surface area contributed by atoms with Gasteiger partial charge in [-0.05, 0) is 91.5 Å². The molecule has 0 aliphatic carbocycles. The third-order valence-corrected chi connectivity index (χ3v) is 8.51. The quantitative estimate of drug-likeness (QED) is 0.204. The summed E-state index contributed by atoms with van der Waals surface area (Å²) in [4.78, 5) is 6.88. The summed E-state index contributed by atoms with van der Waals surface area (Å²) < 4.78 is 86.1. The van der Waals surface area contributed by atoms with E-state index in [1.165, 1.54) is 0 Å². The lowest BCUT2D eigenvalue weighted by molar-refractivity contribution is -0.143. The van der Waals surface area contributed by atoms with Gasteiger partial charge in [0, 0.05) is 29.9 Å². The molecule has 228 valence electrons. The van der Waals surface area contributed by atoms with Crippen molar-refractivity contribution in [2.75, 3.05) is 25.5 Å². The zero-order valence-corrected chi connectivity index (χ0v) is 25.4. The molecule has 0 radical (unpaired) electrons. The monoisotopic (exact) mass is 676 g/mol. The van der Waals surface area contributed by atoms with Gasteiger partial charge in [0.1, 0.15) is 5.75 Å². The molecule has 2 aromatic carbocycles. The van der Waals surface area contributed by atoms with Crippen LogP contribution in [0.1, 0.15) is 48.9 Å². The fraction of sp³-hybridized carbons (Fsp3) is 0.448. The maximum absolute atomic E-state index is 13.4. The number of piperidine rings is 3. The molecule has 3 fully saturated rings. The number of thiocarbonyl (C=S) groups is 1. The molecule has 2 bridgehead atoms. The Bertz CT molecular complexity index is 1400. The highest BCUT2D eigenvalue weighted by atomic mass is 79.9. The van der Waals surface area contributed by atoms with Crippen LogP contribution in [0, 0.1) is 11.8 Å². The van der Waals surface area contributed by atoms with Crippen LogP contribution in [-0.4, -0.2) is 41.2 Å². The molecule has 5 atom stereocenters. The number of nitrogens with zero attached hydrogens (tertiary/aromatic N) is 2. The van der Waals surface area contributed by atoms with Crippen molar-refractivity contribution in [3.63, 3.8) is 0 Å². The highest BCUT2D eigenvalue weighted by Crippen LogP contribution is 2.43. The number of methoxy groups -OCH3 is 1. The molecule has 3 saturated heterocycles. The highest BCUT2D eigenvalue weighted by molar-refractivity contribution is 8.93. The van der Waals surface area contributed by atoms with Gasteiger partial charge in [-0.15, -0.1) is 17.0 Å². The van der Waals surface area contributed by atoms with Crippen LogP contribution in [0.3, 0.4) is 0 Å². The van der Waals surface area contributed by atoms with Gasteiger partial charge in [-0.1, -0.05) is 13.3 Å². The number of alkyl halides is 6. The Hall–Kier alpha value is -2.64. The van der Waals surface area contributed by atoms with Crippen LogP contribution in [0.4, 0.5) is 32.0 Å². The number of anilines is 1. The van der Waals surface area contributed by atoms with Gasteiger partial charge in [0.05, 0.1) is 29.8 Å². The fourth-order valence-electron chi connectivity index (χ4n) is 6.25. The first kappa shape index (κ1) is 32.3. The molecule has 3 aliphatic heterocycles. The molecular formula is C29H31BrF6N4OS. The van der Waals surface area contributed by atoms with Crippen molar-refractivity contribution < 1.29 is 31.1 Å². The van der Waals surface area contributed by atoms with Gasteiger partial charge in [0.25, 0.3) is 0 Å². The standard InChI is InChI=1S/C29H30F6N4OS.BrH/c1-3-16-15-39-9-7-17(16)10-25(39)26(22-6-8-36-24-5-4-21(40-2)14-23(22)24)38-27(41)37-20-12-18(28(30,31)32)11-19(13-20)29(33,34)35;/h4-6,8,11-14,16-17,25-26H,3,7,9-10,15H2,1-2H3,(H2,37,38,41);1H. The van der Waals surface area contributed by atoms with Gasteiger partial charge in [0.15, 0.2) is 5.11 Å². The summed E-state index contributed by atoms with van der Waals surface area (Å²) in [7, 11) is 1.56. The molecule has 5 nitrogen and oxygen atoms in total. The van der Waals surface area contributed by atoms with E-state index in [2.05, 4.69) is 27.4 Å². The first-order valence-corrected chi connectivity index (χ1v) is 13.8. The summed E-state index contributed by atoms with van der Waals surface area (Å²) in [5, 5.41) is 6.61. The Labute approximate surface area is 255 Å². The summed E-state index contributed by atoms with van der Waals surface area (Å²) >= 11 is 5.51. The van der Waals surface area contributed by atoms with Crippen LogP contribution in [0.25, 0.3) is 10.9 Å². The summed E-state index contributed by atoms with van der Waals surface area (Å²) in [6, 6.07) is 8.32. The van der Waals surface area contributed by atoms with E-state index in [0.717, 1.165) is 48.8 Å². The average molecular weight is 678 g/mol. The van der Waals surface area contributed by atoms with Gasteiger partial charge in [0.2, 0.25) is 0 Å². The first-order chi connectivity index (χ1) is 19.4. The second-order valence-corrected chi connectivity index (χ2v) is 11.1. The number of halogens is 7. The Balaban J connectivity index is 0.00000405. The summed E-state index contributed by atoms with van der Waals surface area (Å²) in [6.07, 6.45) is -5.21. The minimum Gasteiger partial charge on any atom is -0.497 e. The van der Waals surface area contributed by atoms with Gasteiger partial charge < -0.3 is 15.4 Å². The van der Waals surface area contributed by atoms with Crippen LogP contribution in [-0.2, 0) is 12.4 Å². The van der Waals surface area contributed by atoms with Crippen molar-refractivity contribution in [2.24, 2.45) is 11.8 Å². The van der Waals surface area contributed by atoms with Crippen molar-refractivity contribution in [3.05, 3.63) is 65.4 Å². The minimum atomic E-state index is -4.96. The number of pyridine rings is 1. The molecule has 5 unspecified atom stereocenters. The van der Waals surface area contributed by atoms with Crippen molar-refractivity contribution in [2.45, 2.75) is 50.6 Å². The van der Waals surface area contributed by atoms with E-state index in [-0.39, 0.29) is 34.2 Å².